The lowest BCUT2D eigenvalue weighted by Gasteiger charge is -2.18. The Morgan fingerprint density at radius 1 is 1.17 bits per heavy atom. The van der Waals surface area contributed by atoms with E-state index in [2.05, 4.69) is 11.2 Å². The maximum Gasteiger partial charge on any atom is 0.231 e. The summed E-state index contributed by atoms with van der Waals surface area (Å²) in [6.45, 7) is 5.18. The van der Waals surface area contributed by atoms with E-state index in [1.807, 2.05) is 47.7 Å². The van der Waals surface area contributed by atoms with Crippen LogP contribution in [0, 0.1) is 13.8 Å². The van der Waals surface area contributed by atoms with Gasteiger partial charge in [0.1, 0.15) is 0 Å². The molecule has 7 heteroatoms. The Morgan fingerprint density at radius 3 is 2.67 bits per heavy atom. The lowest BCUT2D eigenvalue weighted by Crippen LogP contribution is -2.31. The average Bonchev–Trinajstić information content (AvgIpc) is 3.23. The summed E-state index contributed by atoms with van der Waals surface area (Å²) < 4.78 is 1.81. The van der Waals surface area contributed by atoms with Crippen LogP contribution in [0.2, 0.25) is 10.0 Å². The van der Waals surface area contributed by atoms with Crippen LogP contribution in [0.15, 0.2) is 42.5 Å². The maximum atomic E-state index is 13.3. The van der Waals surface area contributed by atoms with Crippen LogP contribution in [0.1, 0.15) is 34.9 Å². The van der Waals surface area contributed by atoms with Crippen LogP contribution in [0.5, 0.6) is 0 Å². The molecule has 0 aliphatic carbocycles. The third-order valence-electron chi connectivity index (χ3n) is 5.80. The molecule has 1 aliphatic heterocycles. The Morgan fingerprint density at radius 2 is 1.93 bits per heavy atom. The van der Waals surface area contributed by atoms with Crippen molar-refractivity contribution in [3.63, 3.8) is 0 Å². The number of nitrogens with zero attached hydrogens (tertiary/aromatic N) is 3. The molecule has 156 valence electrons. The largest absolute Gasteiger partial charge is 0.330 e. The molecule has 1 unspecified atom stereocenters. The van der Waals surface area contributed by atoms with E-state index in [-0.39, 0.29) is 11.8 Å². The monoisotopic (exact) mass is 442 g/mol. The molecule has 0 radical (unpaired) electrons. The standard InChI is InChI=1S/C23H24Cl2N4O/c1-14-19(15(2)29(27-14)17-7-8-20(24)21(25)11-17)12-23(30)28-13-16(9-10-26)18-5-3-4-6-22(18)28/h3-8,11,16H,9-10,12-13,26H2,1-2H3. The molecule has 0 spiro atoms. The Balaban J connectivity index is 1.61. The Kier molecular flexibility index (Phi) is 5.87. The maximum absolute atomic E-state index is 13.3. The average molecular weight is 443 g/mol. The van der Waals surface area contributed by atoms with Crippen molar-refractivity contribution in [1.29, 1.82) is 0 Å². The zero-order chi connectivity index (χ0) is 21.4. The molecular formula is C23H24Cl2N4O. The van der Waals surface area contributed by atoms with Gasteiger partial charge in [-0.2, -0.15) is 5.10 Å². The van der Waals surface area contributed by atoms with E-state index in [4.69, 9.17) is 28.9 Å². The second-order valence-corrected chi connectivity index (χ2v) is 8.49. The molecule has 2 heterocycles. The van der Waals surface area contributed by atoms with Crippen molar-refractivity contribution in [2.75, 3.05) is 18.0 Å². The fourth-order valence-corrected chi connectivity index (χ4v) is 4.52. The molecule has 30 heavy (non-hydrogen) atoms. The van der Waals surface area contributed by atoms with Gasteiger partial charge >= 0.3 is 0 Å². The van der Waals surface area contributed by atoms with Crippen molar-refractivity contribution in [1.82, 2.24) is 9.78 Å². The smallest absolute Gasteiger partial charge is 0.231 e. The number of hydrogen-bond donors (Lipinski definition) is 1. The summed E-state index contributed by atoms with van der Waals surface area (Å²) in [7, 11) is 0. The fraction of sp³-hybridized carbons (Fsp3) is 0.304. The predicted molar refractivity (Wildman–Crippen MR) is 122 cm³/mol. The molecule has 0 fully saturated rings. The molecular weight excluding hydrogens is 419 g/mol. The van der Waals surface area contributed by atoms with Crippen LogP contribution >= 0.6 is 23.2 Å². The lowest BCUT2D eigenvalue weighted by molar-refractivity contribution is -0.117. The number of carbonyl (C=O) groups excluding carboxylic acids is 1. The fourth-order valence-electron chi connectivity index (χ4n) is 4.23. The van der Waals surface area contributed by atoms with Crippen molar-refractivity contribution in [2.45, 2.75) is 32.6 Å². The first-order valence-electron chi connectivity index (χ1n) is 10.0. The number of para-hydroxylation sites is 1. The van der Waals surface area contributed by atoms with Gasteiger partial charge in [-0.3, -0.25) is 4.79 Å². The van der Waals surface area contributed by atoms with Gasteiger partial charge in [0.15, 0.2) is 0 Å². The van der Waals surface area contributed by atoms with E-state index in [1.165, 1.54) is 5.56 Å². The van der Waals surface area contributed by atoms with Gasteiger partial charge < -0.3 is 10.6 Å². The molecule has 0 bridgehead atoms. The van der Waals surface area contributed by atoms with Crippen LogP contribution in [0.25, 0.3) is 5.69 Å². The first kappa shape index (κ1) is 20.9. The van der Waals surface area contributed by atoms with E-state index in [0.29, 0.717) is 29.6 Å². The van der Waals surface area contributed by atoms with Crippen molar-refractivity contribution in [3.8, 4) is 5.69 Å². The molecule has 0 saturated carbocycles. The predicted octanol–water partition coefficient (Wildman–Crippen LogP) is 4.82. The van der Waals surface area contributed by atoms with Gasteiger partial charge in [0.05, 0.1) is 27.8 Å². The Labute approximate surface area is 186 Å². The molecule has 1 amide bonds. The van der Waals surface area contributed by atoms with Crippen LogP contribution < -0.4 is 10.6 Å². The molecule has 3 aromatic rings. The number of aryl methyl sites for hydroxylation is 1. The topological polar surface area (TPSA) is 64.2 Å². The summed E-state index contributed by atoms with van der Waals surface area (Å²) in [4.78, 5) is 15.2. The molecule has 1 aromatic heterocycles. The summed E-state index contributed by atoms with van der Waals surface area (Å²) in [6, 6.07) is 13.5. The molecule has 1 atom stereocenters. The van der Waals surface area contributed by atoms with Gasteiger partial charge in [-0.25, -0.2) is 4.68 Å². The van der Waals surface area contributed by atoms with Crippen LogP contribution in [-0.4, -0.2) is 28.8 Å². The minimum Gasteiger partial charge on any atom is -0.330 e. The van der Waals surface area contributed by atoms with Crippen LogP contribution in [0.4, 0.5) is 5.69 Å². The van der Waals surface area contributed by atoms with Gasteiger partial charge in [-0.1, -0.05) is 41.4 Å². The van der Waals surface area contributed by atoms with Crippen LogP contribution in [-0.2, 0) is 11.2 Å². The van der Waals surface area contributed by atoms with Gasteiger partial charge in [0.2, 0.25) is 5.91 Å². The second kappa shape index (κ2) is 8.42. The molecule has 0 saturated heterocycles. The highest BCUT2D eigenvalue weighted by Crippen LogP contribution is 2.38. The number of hydrogen-bond acceptors (Lipinski definition) is 3. The zero-order valence-corrected chi connectivity index (χ0v) is 18.5. The van der Waals surface area contributed by atoms with E-state index >= 15 is 0 Å². The SMILES string of the molecule is Cc1nn(-c2ccc(Cl)c(Cl)c2)c(C)c1CC(=O)N1CC(CCN)c2ccccc21. The van der Waals surface area contributed by atoms with Gasteiger partial charge in [-0.15, -0.1) is 0 Å². The first-order chi connectivity index (χ1) is 14.4. The van der Waals surface area contributed by atoms with E-state index in [9.17, 15) is 4.79 Å². The zero-order valence-electron chi connectivity index (χ0n) is 17.0. The first-order valence-corrected chi connectivity index (χ1v) is 10.8. The van der Waals surface area contributed by atoms with Crippen molar-refractivity contribution >= 4 is 34.8 Å². The number of carbonyl (C=O) groups is 1. The number of nitrogens with two attached hydrogens (primary N) is 1. The van der Waals surface area contributed by atoms with Crippen molar-refractivity contribution in [3.05, 3.63) is 75.0 Å². The molecule has 5 nitrogen and oxygen atoms in total. The third-order valence-corrected chi connectivity index (χ3v) is 6.54. The highest BCUT2D eigenvalue weighted by Gasteiger charge is 2.32. The van der Waals surface area contributed by atoms with Crippen LogP contribution in [0.3, 0.4) is 0 Å². The summed E-state index contributed by atoms with van der Waals surface area (Å²) in [5.74, 6) is 0.359. The van der Waals surface area contributed by atoms with Gasteiger partial charge in [-0.05, 0) is 56.6 Å². The summed E-state index contributed by atoms with van der Waals surface area (Å²) in [6.07, 6.45) is 1.16. The third kappa shape index (κ3) is 3.73. The summed E-state index contributed by atoms with van der Waals surface area (Å²) in [5.41, 5.74) is 11.5. The van der Waals surface area contributed by atoms with E-state index in [1.54, 1.807) is 12.1 Å². The molecule has 2 N–H and O–H groups in total. The number of aromatic nitrogens is 2. The number of halogens is 2. The van der Waals surface area contributed by atoms with Gasteiger partial charge in [0.25, 0.3) is 0 Å². The quantitative estimate of drug-likeness (QED) is 0.615. The summed E-state index contributed by atoms with van der Waals surface area (Å²) in [5, 5.41) is 5.62. The normalized spacial score (nSPS) is 15.5. The summed E-state index contributed by atoms with van der Waals surface area (Å²) >= 11 is 12.2. The minimum absolute atomic E-state index is 0.0712. The van der Waals surface area contributed by atoms with Gasteiger partial charge in [0, 0.05) is 29.4 Å². The Hall–Kier alpha value is -2.34. The highest BCUT2D eigenvalue weighted by molar-refractivity contribution is 6.42. The lowest BCUT2D eigenvalue weighted by atomic mass is 9.98. The molecule has 2 aromatic carbocycles. The minimum atomic E-state index is 0.0712. The van der Waals surface area contributed by atoms with Crippen molar-refractivity contribution in [2.24, 2.45) is 5.73 Å². The highest BCUT2D eigenvalue weighted by atomic mass is 35.5. The molecule has 1 aliphatic rings. The number of rotatable bonds is 5. The Bertz CT molecular complexity index is 1110. The molecule has 4 rings (SSSR count). The van der Waals surface area contributed by atoms with E-state index < -0.39 is 0 Å². The van der Waals surface area contributed by atoms with E-state index in [0.717, 1.165) is 34.7 Å². The number of amides is 1. The number of benzene rings is 2. The number of fused-ring (bicyclic) bond motifs is 1. The van der Waals surface area contributed by atoms with Crippen molar-refractivity contribution < 1.29 is 4.79 Å². The number of anilines is 1. The second-order valence-electron chi connectivity index (χ2n) is 7.67.